The summed E-state index contributed by atoms with van der Waals surface area (Å²) in [5.41, 5.74) is 1.33. The van der Waals surface area contributed by atoms with E-state index in [4.69, 9.17) is 4.84 Å². The van der Waals surface area contributed by atoms with Crippen molar-refractivity contribution in [3.63, 3.8) is 0 Å². The average Bonchev–Trinajstić information content (AvgIpc) is 2.97. The van der Waals surface area contributed by atoms with Gasteiger partial charge < -0.3 is 0 Å². The molecule has 2 aliphatic heterocycles. The van der Waals surface area contributed by atoms with Gasteiger partial charge in [-0.15, -0.1) is 0 Å². The van der Waals surface area contributed by atoms with Gasteiger partial charge in [-0.2, -0.15) is 4.31 Å². The number of rotatable bonds is 4. The van der Waals surface area contributed by atoms with Crippen LogP contribution >= 0.6 is 0 Å². The summed E-state index contributed by atoms with van der Waals surface area (Å²) in [7, 11) is -3.53. The van der Waals surface area contributed by atoms with Gasteiger partial charge >= 0.3 is 0 Å². The van der Waals surface area contributed by atoms with E-state index in [1.807, 2.05) is 43.3 Å². The van der Waals surface area contributed by atoms with Crippen molar-refractivity contribution in [1.82, 2.24) is 9.37 Å². The van der Waals surface area contributed by atoms with Crippen LogP contribution in [0.4, 0.5) is 0 Å². The van der Waals surface area contributed by atoms with E-state index in [0.29, 0.717) is 43.8 Å². The van der Waals surface area contributed by atoms with Gasteiger partial charge in [0, 0.05) is 13.1 Å². The predicted molar refractivity (Wildman–Crippen MR) is 105 cm³/mol. The second-order valence-electron chi connectivity index (χ2n) is 7.59. The molecule has 2 aromatic rings. The van der Waals surface area contributed by atoms with Gasteiger partial charge in [0.2, 0.25) is 15.9 Å². The Morgan fingerprint density at radius 3 is 2.43 bits per heavy atom. The van der Waals surface area contributed by atoms with Crippen molar-refractivity contribution in [2.75, 3.05) is 13.1 Å². The van der Waals surface area contributed by atoms with Crippen molar-refractivity contribution < 1.29 is 18.0 Å². The Morgan fingerprint density at radius 1 is 1.04 bits per heavy atom. The molecule has 28 heavy (non-hydrogen) atoms. The lowest BCUT2D eigenvalue weighted by Crippen LogP contribution is -2.46. The van der Waals surface area contributed by atoms with E-state index in [-0.39, 0.29) is 5.91 Å². The highest BCUT2D eigenvalue weighted by Crippen LogP contribution is 2.38. The van der Waals surface area contributed by atoms with E-state index in [2.05, 4.69) is 0 Å². The standard InChI is InChI=1S/C21H24N2O4S/c1-17-6-5-9-19(14-17)28(25,26)22-12-10-21(11-13-22)15-20(24)23(27-21)16-18-7-3-2-4-8-18/h2-9,14H,10-13,15-16H2,1H3. The SMILES string of the molecule is Cc1cccc(S(=O)(=O)N2CCC3(CC2)CC(=O)N(Cc2ccccc2)O3)c1. The van der Waals surface area contributed by atoms with Gasteiger partial charge in [-0.25, -0.2) is 13.5 Å². The minimum Gasteiger partial charge on any atom is -0.272 e. The van der Waals surface area contributed by atoms with Crippen molar-refractivity contribution in [2.45, 2.75) is 43.2 Å². The first kappa shape index (κ1) is 19.1. The lowest BCUT2D eigenvalue weighted by atomic mass is 9.89. The molecule has 2 aliphatic rings. The molecule has 0 radical (unpaired) electrons. The summed E-state index contributed by atoms with van der Waals surface area (Å²) in [4.78, 5) is 18.8. The Bertz CT molecular complexity index is 967. The van der Waals surface area contributed by atoms with E-state index in [1.54, 1.807) is 18.2 Å². The maximum Gasteiger partial charge on any atom is 0.249 e. The number of hydrogen-bond acceptors (Lipinski definition) is 4. The molecule has 0 aliphatic carbocycles. The lowest BCUT2D eigenvalue weighted by molar-refractivity contribution is -0.212. The monoisotopic (exact) mass is 400 g/mol. The van der Waals surface area contributed by atoms with E-state index in [0.717, 1.165) is 11.1 Å². The molecule has 0 bridgehead atoms. The third-order valence-corrected chi connectivity index (χ3v) is 7.38. The van der Waals surface area contributed by atoms with Crippen LogP contribution in [0.5, 0.6) is 0 Å². The average molecular weight is 401 g/mol. The fourth-order valence-electron chi connectivity index (χ4n) is 3.88. The molecule has 1 spiro atoms. The molecule has 0 N–H and O–H groups in total. The summed E-state index contributed by atoms with van der Waals surface area (Å²) in [6.45, 7) is 2.99. The van der Waals surface area contributed by atoms with E-state index < -0.39 is 15.6 Å². The number of amides is 1. The molecule has 7 heteroatoms. The second-order valence-corrected chi connectivity index (χ2v) is 9.53. The largest absolute Gasteiger partial charge is 0.272 e. The minimum atomic E-state index is -3.53. The summed E-state index contributed by atoms with van der Waals surface area (Å²) in [5, 5.41) is 1.43. The van der Waals surface area contributed by atoms with Gasteiger partial charge in [0.1, 0.15) is 5.60 Å². The zero-order valence-corrected chi connectivity index (χ0v) is 16.7. The quantitative estimate of drug-likeness (QED) is 0.792. The fourth-order valence-corrected chi connectivity index (χ4v) is 5.42. The zero-order chi connectivity index (χ0) is 19.8. The molecule has 0 atom stereocenters. The Balaban J connectivity index is 1.43. The highest BCUT2D eigenvalue weighted by Gasteiger charge is 2.48. The van der Waals surface area contributed by atoms with Crippen LogP contribution in [0.2, 0.25) is 0 Å². The number of carbonyl (C=O) groups excluding carboxylic acids is 1. The van der Waals surface area contributed by atoms with Crippen LogP contribution in [0.15, 0.2) is 59.5 Å². The summed E-state index contributed by atoms with van der Waals surface area (Å²) in [6, 6.07) is 16.7. The van der Waals surface area contributed by atoms with Crippen LogP contribution in [0.1, 0.15) is 30.4 Å². The highest BCUT2D eigenvalue weighted by molar-refractivity contribution is 7.89. The number of hydroxylamine groups is 2. The van der Waals surface area contributed by atoms with Crippen LogP contribution in [-0.2, 0) is 26.2 Å². The number of nitrogens with zero attached hydrogens (tertiary/aromatic N) is 2. The molecule has 6 nitrogen and oxygen atoms in total. The molecular weight excluding hydrogens is 376 g/mol. The number of carbonyl (C=O) groups is 1. The molecular formula is C21H24N2O4S. The molecule has 2 fully saturated rings. The van der Waals surface area contributed by atoms with Crippen LogP contribution < -0.4 is 0 Å². The van der Waals surface area contributed by atoms with E-state index >= 15 is 0 Å². The Kier molecular flexibility index (Phi) is 4.99. The maximum absolute atomic E-state index is 12.9. The molecule has 4 rings (SSSR count). The molecule has 2 aromatic carbocycles. The fraction of sp³-hybridized carbons (Fsp3) is 0.381. The Morgan fingerprint density at radius 2 is 1.75 bits per heavy atom. The Labute approximate surface area is 165 Å². The minimum absolute atomic E-state index is 0.0427. The van der Waals surface area contributed by atoms with E-state index in [1.165, 1.54) is 9.37 Å². The first-order chi connectivity index (χ1) is 13.4. The number of piperidine rings is 1. The predicted octanol–water partition coefficient (Wildman–Crippen LogP) is 2.88. The van der Waals surface area contributed by atoms with Gasteiger partial charge in [-0.05, 0) is 43.0 Å². The number of aryl methyl sites for hydroxylation is 1. The van der Waals surface area contributed by atoms with Crippen molar-refractivity contribution >= 4 is 15.9 Å². The maximum atomic E-state index is 12.9. The van der Waals surface area contributed by atoms with Crippen LogP contribution in [0.25, 0.3) is 0 Å². The topological polar surface area (TPSA) is 66.9 Å². The Hall–Kier alpha value is -2.22. The molecule has 1 amide bonds. The highest BCUT2D eigenvalue weighted by atomic mass is 32.2. The van der Waals surface area contributed by atoms with E-state index in [9.17, 15) is 13.2 Å². The van der Waals surface area contributed by atoms with Gasteiger partial charge in [0.15, 0.2) is 0 Å². The normalized spacial score (nSPS) is 20.0. The molecule has 0 unspecified atom stereocenters. The first-order valence-corrected chi connectivity index (χ1v) is 10.9. The third-order valence-electron chi connectivity index (χ3n) is 5.49. The van der Waals surface area contributed by atoms with Crippen molar-refractivity contribution in [3.05, 3.63) is 65.7 Å². The molecule has 2 heterocycles. The number of benzene rings is 2. The second kappa shape index (κ2) is 7.31. The molecule has 148 valence electrons. The summed E-state index contributed by atoms with van der Waals surface area (Å²) in [5.74, 6) is -0.0427. The van der Waals surface area contributed by atoms with Crippen molar-refractivity contribution in [3.8, 4) is 0 Å². The van der Waals surface area contributed by atoms with Crippen molar-refractivity contribution in [2.24, 2.45) is 0 Å². The number of sulfonamides is 1. The molecule has 0 aromatic heterocycles. The summed E-state index contributed by atoms with van der Waals surface area (Å²) in [6.07, 6.45) is 1.32. The van der Waals surface area contributed by atoms with Gasteiger partial charge in [0.25, 0.3) is 0 Å². The van der Waals surface area contributed by atoms with Gasteiger partial charge in [-0.1, -0.05) is 42.5 Å². The zero-order valence-electron chi connectivity index (χ0n) is 15.9. The smallest absolute Gasteiger partial charge is 0.249 e. The molecule has 0 saturated carbocycles. The van der Waals surface area contributed by atoms with Crippen LogP contribution in [0.3, 0.4) is 0 Å². The summed E-state index contributed by atoms with van der Waals surface area (Å²) >= 11 is 0. The van der Waals surface area contributed by atoms with Crippen molar-refractivity contribution in [1.29, 1.82) is 0 Å². The number of hydrogen-bond donors (Lipinski definition) is 0. The summed E-state index contributed by atoms with van der Waals surface area (Å²) < 4.78 is 27.3. The van der Waals surface area contributed by atoms with Gasteiger partial charge in [-0.3, -0.25) is 9.63 Å². The lowest BCUT2D eigenvalue weighted by Gasteiger charge is -2.37. The van der Waals surface area contributed by atoms with Crippen LogP contribution in [-0.4, -0.2) is 42.4 Å². The van der Waals surface area contributed by atoms with Crippen LogP contribution in [0, 0.1) is 6.92 Å². The molecule has 2 saturated heterocycles. The third kappa shape index (κ3) is 3.70. The first-order valence-electron chi connectivity index (χ1n) is 9.48. The van der Waals surface area contributed by atoms with Gasteiger partial charge in [0.05, 0.1) is 17.9 Å².